The minimum Gasteiger partial charge on any atom is -0.369 e. The van der Waals surface area contributed by atoms with Gasteiger partial charge in [0, 0.05) is 6.54 Å². The second kappa shape index (κ2) is 8.11. The average Bonchev–Trinajstić information content (AvgIpc) is 2.50. The lowest BCUT2D eigenvalue weighted by Crippen LogP contribution is -2.57. The van der Waals surface area contributed by atoms with Crippen LogP contribution >= 0.6 is 0 Å². The molecule has 0 bridgehead atoms. The summed E-state index contributed by atoms with van der Waals surface area (Å²) in [5, 5.41) is 13.4. The Morgan fingerprint density at radius 2 is 2.05 bits per heavy atom. The molecule has 0 amide bonds. The van der Waals surface area contributed by atoms with Gasteiger partial charge in [0.2, 0.25) is 0 Å². The van der Waals surface area contributed by atoms with Crippen LogP contribution in [0.5, 0.6) is 0 Å². The summed E-state index contributed by atoms with van der Waals surface area (Å²) in [5.74, 6) is -0.371. The lowest BCUT2D eigenvalue weighted by molar-refractivity contribution is -0.143. The maximum absolute atomic E-state index is 12.2. The van der Waals surface area contributed by atoms with Gasteiger partial charge < -0.3 is 16.6 Å². The molecule has 0 fully saturated rings. The second-order valence-corrected chi connectivity index (χ2v) is 4.95. The van der Waals surface area contributed by atoms with E-state index in [1.165, 1.54) is 0 Å². The fourth-order valence-corrected chi connectivity index (χ4v) is 2.01. The molecule has 112 valence electrons. The zero-order chi connectivity index (χ0) is 15.0. The first-order valence-electron chi connectivity index (χ1n) is 7.04. The number of aliphatic hydroxyl groups is 1. The van der Waals surface area contributed by atoms with E-state index in [1.807, 2.05) is 30.3 Å². The van der Waals surface area contributed by atoms with Crippen molar-refractivity contribution in [3.8, 4) is 0 Å². The van der Waals surface area contributed by atoms with Gasteiger partial charge in [-0.15, -0.1) is 0 Å². The van der Waals surface area contributed by atoms with Crippen molar-refractivity contribution >= 4 is 5.78 Å². The average molecular weight is 279 g/mol. The van der Waals surface area contributed by atoms with E-state index < -0.39 is 11.8 Å². The molecule has 1 rings (SSSR count). The lowest BCUT2D eigenvalue weighted by Gasteiger charge is -2.29. The molecule has 0 aromatic heterocycles. The van der Waals surface area contributed by atoms with Crippen molar-refractivity contribution in [2.45, 2.75) is 44.5 Å². The number of rotatable bonds is 9. The number of hydrogen-bond donors (Lipinski definition) is 4. The summed E-state index contributed by atoms with van der Waals surface area (Å²) in [6.45, 7) is 2.66. The number of nitrogens with one attached hydrogen (secondary N) is 1. The Kier molecular flexibility index (Phi) is 6.81. The normalized spacial score (nSPS) is 15.6. The van der Waals surface area contributed by atoms with E-state index >= 15 is 0 Å². The Bertz CT molecular complexity index is 411. The number of benzene rings is 1. The van der Waals surface area contributed by atoms with Crippen LogP contribution in [0.15, 0.2) is 30.3 Å². The largest absolute Gasteiger partial charge is 0.369 e. The Balaban J connectivity index is 2.63. The highest BCUT2D eigenvalue weighted by Crippen LogP contribution is 2.13. The van der Waals surface area contributed by atoms with Gasteiger partial charge in [0.15, 0.2) is 11.5 Å². The second-order valence-electron chi connectivity index (χ2n) is 4.95. The van der Waals surface area contributed by atoms with Crippen LogP contribution in [0.25, 0.3) is 0 Å². The Morgan fingerprint density at radius 1 is 1.40 bits per heavy atom. The molecule has 0 aliphatic rings. The van der Waals surface area contributed by atoms with Gasteiger partial charge in [-0.25, -0.2) is 0 Å². The van der Waals surface area contributed by atoms with Crippen LogP contribution < -0.4 is 16.8 Å². The minimum atomic E-state index is -1.58. The molecular weight excluding hydrogens is 254 g/mol. The summed E-state index contributed by atoms with van der Waals surface area (Å²) in [6, 6.07) is 8.92. The lowest BCUT2D eigenvalue weighted by atomic mass is 9.96. The van der Waals surface area contributed by atoms with E-state index in [4.69, 9.17) is 11.5 Å². The Hall–Kier alpha value is -1.27. The van der Waals surface area contributed by atoms with E-state index in [0.717, 1.165) is 5.56 Å². The topological polar surface area (TPSA) is 101 Å². The first-order chi connectivity index (χ1) is 9.53. The number of nitrogens with two attached hydrogens (primary N) is 2. The van der Waals surface area contributed by atoms with Gasteiger partial charge in [-0.1, -0.05) is 37.3 Å². The van der Waals surface area contributed by atoms with Crippen LogP contribution in [-0.2, 0) is 11.3 Å². The zero-order valence-electron chi connectivity index (χ0n) is 12.0. The molecule has 0 spiro atoms. The first kappa shape index (κ1) is 16.8. The van der Waals surface area contributed by atoms with Crippen LogP contribution in [0.3, 0.4) is 0 Å². The van der Waals surface area contributed by atoms with Crippen molar-refractivity contribution in [1.29, 1.82) is 0 Å². The van der Waals surface area contributed by atoms with E-state index in [0.29, 0.717) is 25.9 Å². The molecule has 1 unspecified atom stereocenters. The molecule has 0 heterocycles. The highest BCUT2D eigenvalue weighted by molar-refractivity contribution is 5.91. The van der Waals surface area contributed by atoms with E-state index in [1.54, 1.807) is 6.92 Å². The fourth-order valence-electron chi connectivity index (χ4n) is 2.01. The highest BCUT2D eigenvalue weighted by Gasteiger charge is 2.36. The van der Waals surface area contributed by atoms with Crippen LogP contribution in [0, 0.1) is 0 Å². The van der Waals surface area contributed by atoms with Crippen molar-refractivity contribution in [3.05, 3.63) is 35.9 Å². The van der Waals surface area contributed by atoms with E-state index in [2.05, 4.69) is 5.32 Å². The Labute approximate surface area is 120 Å². The van der Waals surface area contributed by atoms with Gasteiger partial charge in [0.25, 0.3) is 0 Å². The number of carbonyl (C=O) groups is 1. The van der Waals surface area contributed by atoms with Crippen molar-refractivity contribution < 1.29 is 9.90 Å². The van der Waals surface area contributed by atoms with E-state index in [9.17, 15) is 9.90 Å². The number of ketones is 1. The van der Waals surface area contributed by atoms with Gasteiger partial charge in [-0.3, -0.25) is 10.1 Å². The predicted molar refractivity (Wildman–Crippen MR) is 79.8 cm³/mol. The predicted octanol–water partition coefficient (Wildman–Crippen LogP) is 0.510. The summed E-state index contributed by atoms with van der Waals surface area (Å²) in [4.78, 5) is 12.2. The molecule has 5 nitrogen and oxygen atoms in total. The molecular formula is C15H25N3O2. The summed E-state index contributed by atoms with van der Waals surface area (Å²) in [7, 11) is 0. The van der Waals surface area contributed by atoms with Gasteiger partial charge in [-0.2, -0.15) is 0 Å². The molecule has 0 saturated carbocycles. The first-order valence-corrected chi connectivity index (χ1v) is 7.04. The number of carbonyl (C=O) groups excluding carboxylic acids is 1. The summed E-state index contributed by atoms with van der Waals surface area (Å²) < 4.78 is 0. The number of hydrogen-bond acceptors (Lipinski definition) is 5. The molecule has 0 radical (unpaired) electrons. The standard InChI is InChI=1S/C15H25N3O2/c1-2-15(20,14(19)13(17)9-6-10-16)18-11-12-7-4-3-5-8-12/h3-5,7-8,13,18,20H,2,6,9-11,16-17H2,1H3/t13-,15?/m1/s1. The third kappa shape index (κ3) is 4.68. The Morgan fingerprint density at radius 3 is 2.60 bits per heavy atom. The molecule has 0 saturated heterocycles. The van der Waals surface area contributed by atoms with E-state index in [-0.39, 0.29) is 12.2 Å². The summed E-state index contributed by atoms with van der Waals surface area (Å²) in [5.41, 5.74) is 10.7. The molecule has 0 aliphatic heterocycles. The molecule has 2 atom stereocenters. The fraction of sp³-hybridized carbons (Fsp3) is 0.533. The third-order valence-electron chi connectivity index (χ3n) is 3.40. The molecule has 1 aromatic rings. The van der Waals surface area contributed by atoms with Crippen LogP contribution in [-0.4, -0.2) is 29.2 Å². The summed E-state index contributed by atoms with van der Waals surface area (Å²) >= 11 is 0. The van der Waals surface area contributed by atoms with Crippen molar-refractivity contribution in [2.75, 3.05) is 6.54 Å². The molecule has 5 heteroatoms. The van der Waals surface area contributed by atoms with Gasteiger partial charge in [-0.05, 0) is 31.4 Å². The number of Topliss-reactive ketones (excluding diaryl/α,β-unsaturated/α-hetero) is 1. The van der Waals surface area contributed by atoms with Crippen molar-refractivity contribution in [3.63, 3.8) is 0 Å². The SMILES string of the molecule is CCC(O)(NCc1ccccc1)C(=O)[C@H](N)CCCN. The zero-order valence-corrected chi connectivity index (χ0v) is 12.0. The molecule has 0 aliphatic carbocycles. The molecule has 6 N–H and O–H groups in total. The maximum Gasteiger partial charge on any atom is 0.195 e. The van der Waals surface area contributed by atoms with Crippen LogP contribution in [0.2, 0.25) is 0 Å². The van der Waals surface area contributed by atoms with Crippen molar-refractivity contribution in [2.24, 2.45) is 11.5 Å². The smallest absolute Gasteiger partial charge is 0.195 e. The maximum atomic E-state index is 12.2. The molecule has 20 heavy (non-hydrogen) atoms. The minimum absolute atomic E-state index is 0.273. The highest BCUT2D eigenvalue weighted by atomic mass is 16.3. The van der Waals surface area contributed by atoms with Crippen LogP contribution in [0.4, 0.5) is 0 Å². The monoisotopic (exact) mass is 279 g/mol. The third-order valence-corrected chi connectivity index (χ3v) is 3.40. The van der Waals surface area contributed by atoms with Gasteiger partial charge in [0.05, 0.1) is 6.04 Å². The molecule has 1 aromatic carbocycles. The van der Waals surface area contributed by atoms with Gasteiger partial charge in [0.1, 0.15) is 0 Å². The summed E-state index contributed by atoms with van der Waals surface area (Å²) in [6.07, 6.45) is 1.44. The quantitative estimate of drug-likeness (QED) is 0.493. The van der Waals surface area contributed by atoms with Gasteiger partial charge >= 0.3 is 0 Å². The van der Waals surface area contributed by atoms with Crippen molar-refractivity contribution in [1.82, 2.24) is 5.32 Å². The van der Waals surface area contributed by atoms with Crippen LogP contribution in [0.1, 0.15) is 31.7 Å².